The molecule has 0 radical (unpaired) electrons. The van der Waals surface area contributed by atoms with Crippen LogP contribution in [-0.4, -0.2) is 48.0 Å². The standard InChI is InChI=1S/C16H19F3N6O4S2/c1-8(22-12(26)4-5-31(21,27)28)7-30-16-13(24-29-25-16)15(20)23-9-2-3-11(17)10(6-9)14(18)19/h2-3,6,8,14H,4-5,7H2,1H3,(H2,20,23)(H,22,26)(H2,21,27,28)/t8-/m1/s1. The van der Waals surface area contributed by atoms with Crippen molar-refractivity contribution in [1.29, 1.82) is 0 Å². The van der Waals surface area contributed by atoms with Gasteiger partial charge >= 0.3 is 0 Å². The number of carbonyl (C=O) groups excluding carboxylic acids is 1. The lowest BCUT2D eigenvalue weighted by Crippen LogP contribution is -2.35. The van der Waals surface area contributed by atoms with Crippen molar-refractivity contribution in [2.45, 2.75) is 30.8 Å². The molecule has 0 aliphatic carbocycles. The number of thioether (sulfide) groups is 1. The van der Waals surface area contributed by atoms with Gasteiger partial charge in [0, 0.05) is 18.2 Å². The van der Waals surface area contributed by atoms with Gasteiger partial charge in [0.25, 0.3) is 6.43 Å². The number of halogens is 3. The largest absolute Gasteiger partial charge is 0.382 e. The maximum Gasteiger partial charge on any atom is 0.266 e. The molecule has 0 unspecified atom stereocenters. The van der Waals surface area contributed by atoms with Crippen molar-refractivity contribution >= 4 is 39.2 Å². The monoisotopic (exact) mass is 480 g/mol. The molecule has 170 valence electrons. The van der Waals surface area contributed by atoms with Crippen LogP contribution in [0.4, 0.5) is 18.9 Å². The highest BCUT2D eigenvalue weighted by Crippen LogP contribution is 2.27. The number of hydrogen-bond donors (Lipinski definition) is 3. The second-order valence-corrected chi connectivity index (χ2v) is 9.06. The molecule has 5 N–H and O–H groups in total. The number of amidine groups is 1. The molecule has 15 heteroatoms. The Balaban J connectivity index is 2.01. The van der Waals surface area contributed by atoms with Gasteiger partial charge in [0.2, 0.25) is 15.9 Å². The number of rotatable bonds is 10. The van der Waals surface area contributed by atoms with Crippen LogP contribution in [0.1, 0.15) is 31.0 Å². The molecule has 0 saturated heterocycles. The van der Waals surface area contributed by atoms with Crippen molar-refractivity contribution in [3.8, 4) is 0 Å². The van der Waals surface area contributed by atoms with Crippen molar-refractivity contribution < 1.29 is 31.0 Å². The molecule has 0 fully saturated rings. The van der Waals surface area contributed by atoms with E-state index in [0.29, 0.717) is 5.75 Å². The first-order chi connectivity index (χ1) is 14.5. The van der Waals surface area contributed by atoms with Crippen molar-refractivity contribution in [3.63, 3.8) is 0 Å². The fourth-order valence-corrected chi connectivity index (χ4v) is 3.54. The molecule has 1 aromatic heterocycles. The third kappa shape index (κ3) is 7.84. The van der Waals surface area contributed by atoms with E-state index in [0.717, 1.165) is 23.9 Å². The fourth-order valence-electron chi connectivity index (χ4n) is 2.22. The van der Waals surface area contributed by atoms with Gasteiger partial charge in [-0.1, -0.05) is 11.8 Å². The van der Waals surface area contributed by atoms with Gasteiger partial charge in [-0.05, 0) is 35.4 Å². The molecule has 0 aliphatic rings. The van der Waals surface area contributed by atoms with Gasteiger partial charge in [-0.2, -0.15) is 0 Å². The van der Waals surface area contributed by atoms with Gasteiger partial charge < -0.3 is 11.1 Å². The smallest absolute Gasteiger partial charge is 0.266 e. The summed E-state index contributed by atoms with van der Waals surface area (Å²) in [4.78, 5) is 15.7. The molecule has 0 aliphatic heterocycles. The zero-order valence-electron chi connectivity index (χ0n) is 16.1. The maximum absolute atomic E-state index is 13.4. The van der Waals surface area contributed by atoms with Crippen molar-refractivity contribution in [2.24, 2.45) is 15.9 Å². The van der Waals surface area contributed by atoms with Crippen molar-refractivity contribution in [3.05, 3.63) is 35.3 Å². The van der Waals surface area contributed by atoms with Gasteiger partial charge in [0.1, 0.15) is 5.82 Å². The Labute approximate surface area is 179 Å². The summed E-state index contributed by atoms with van der Waals surface area (Å²) in [6.45, 7) is 1.68. The number of primary sulfonamides is 1. The molecule has 1 amide bonds. The molecular formula is C16H19F3N6O4S2. The first-order valence-electron chi connectivity index (χ1n) is 8.63. The second kappa shape index (κ2) is 10.6. The van der Waals surface area contributed by atoms with Gasteiger partial charge in [-0.25, -0.2) is 36.3 Å². The Kier molecular flexibility index (Phi) is 8.41. The topological polar surface area (TPSA) is 167 Å². The number of benzene rings is 1. The van der Waals surface area contributed by atoms with Gasteiger partial charge in [-0.15, -0.1) is 0 Å². The third-order valence-electron chi connectivity index (χ3n) is 3.66. The predicted molar refractivity (Wildman–Crippen MR) is 107 cm³/mol. The lowest BCUT2D eigenvalue weighted by molar-refractivity contribution is -0.121. The highest BCUT2D eigenvalue weighted by molar-refractivity contribution is 7.99. The number of sulfonamides is 1. The third-order valence-corrected chi connectivity index (χ3v) is 5.64. The molecular weight excluding hydrogens is 461 g/mol. The van der Waals surface area contributed by atoms with Gasteiger partial charge in [-0.3, -0.25) is 4.79 Å². The van der Waals surface area contributed by atoms with Gasteiger partial charge in [0.15, 0.2) is 16.6 Å². The number of carbonyl (C=O) groups is 1. The number of alkyl halides is 2. The van der Waals surface area contributed by atoms with Crippen molar-refractivity contribution in [1.82, 2.24) is 15.6 Å². The highest BCUT2D eigenvalue weighted by Gasteiger charge is 2.18. The van der Waals surface area contributed by atoms with Crippen LogP contribution in [0.15, 0.2) is 32.8 Å². The summed E-state index contributed by atoms with van der Waals surface area (Å²) in [6.07, 6.45) is -3.29. The number of nitrogens with zero attached hydrogens (tertiary/aromatic N) is 3. The minimum Gasteiger partial charge on any atom is -0.382 e. The lowest BCUT2D eigenvalue weighted by Gasteiger charge is -2.12. The highest BCUT2D eigenvalue weighted by atomic mass is 32.2. The Bertz CT molecular complexity index is 1060. The van der Waals surface area contributed by atoms with Crippen LogP contribution in [0.3, 0.4) is 0 Å². The molecule has 1 atom stereocenters. The van der Waals surface area contributed by atoms with Crippen LogP contribution in [-0.2, 0) is 14.8 Å². The SMILES string of the molecule is C[C@H](CSc1nonc1C(N)=Nc1ccc(F)c(C(F)F)c1)NC(=O)CCS(N)(=O)=O. The molecule has 2 aromatic rings. The maximum atomic E-state index is 13.4. The van der Waals surface area contributed by atoms with Crippen LogP contribution >= 0.6 is 11.8 Å². The first kappa shape index (κ1) is 24.6. The summed E-state index contributed by atoms with van der Waals surface area (Å²) >= 11 is 1.11. The predicted octanol–water partition coefficient (Wildman–Crippen LogP) is 1.46. The first-order valence-corrected chi connectivity index (χ1v) is 11.3. The van der Waals surface area contributed by atoms with E-state index in [9.17, 15) is 26.4 Å². The van der Waals surface area contributed by atoms with E-state index in [1.165, 1.54) is 6.07 Å². The number of aliphatic imine (C=N–C) groups is 1. The lowest BCUT2D eigenvalue weighted by atomic mass is 10.2. The quantitative estimate of drug-likeness (QED) is 0.261. The number of amides is 1. The van der Waals surface area contributed by atoms with Crippen LogP contribution in [0.5, 0.6) is 0 Å². The van der Waals surface area contributed by atoms with Crippen LogP contribution in [0.25, 0.3) is 0 Å². The molecule has 1 heterocycles. The van der Waals surface area contributed by atoms with E-state index in [4.69, 9.17) is 10.9 Å². The summed E-state index contributed by atoms with van der Waals surface area (Å²) in [7, 11) is -3.74. The molecule has 0 saturated carbocycles. The minimum absolute atomic E-state index is 0.0105. The average molecular weight is 480 g/mol. The summed E-state index contributed by atoms with van der Waals surface area (Å²) in [5, 5.41) is 15.0. The second-order valence-electron chi connectivity index (χ2n) is 6.32. The molecule has 31 heavy (non-hydrogen) atoms. The number of aromatic nitrogens is 2. The fraction of sp³-hybridized carbons (Fsp3) is 0.375. The Morgan fingerprint density at radius 2 is 2.06 bits per heavy atom. The molecule has 2 rings (SSSR count). The zero-order valence-corrected chi connectivity index (χ0v) is 17.7. The number of nitrogens with one attached hydrogen (secondary N) is 1. The molecule has 0 bridgehead atoms. The van der Waals surface area contributed by atoms with Crippen molar-refractivity contribution in [2.75, 3.05) is 11.5 Å². The summed E-state index contributed by atoms with van der Waals surface area (Å²) in [5.74, 6) is -1.93. The van der Waals surface area contributed by atoms with E-state index in [1.807, 2.05) is 0 Å². The summed E-state index contributed by atoms with van der Waals surface area (Å²) < 4.78 is 65.5. The number of hydrogen-bond acceptors (Lipinski definition) is 8. The number of nitrogens with two attached hydrogens (primary N) is 2. The van der Waals surface area contributed by atoms with Crippen LogP contribution in [0, 0.1) is 5.82 Å². The Morgan fingerprint density at radius 3 is 2.71 bits per heavy atom. The minimum atomic E-state index is -3.74. The summed E-state index contributed by atoms with van der Waals surface area (Å²) in [5.41, 5.74) is 5.08. The van der Waals surface area contributed by atoms with E-state index in [2.05, 4.69) is 25.3 Å². The molecule has 1 aromatic carbocycles. The Morgan fingerprint density at radius 1 is 1.35 bits per heavy atom. The zero-order chi connectivity index (χ0) is 23.2. The molecule has 0 spiro atoms. The summed E-state index contributed by atoms with van der Waals surface area (Å²) in [6, 6.07) is 2.51. The normalized spacial score (nSPS) is 13.4. The van der Waals surface area contributed by atoms with E-state index in [1.54, 1.807) is 6.92 Å². The van der Waals surface area contributed by atoms with E-state index >= 15 is 0 Å². The van der Waals surface area contributed by atoms with Crippen LogP contribution in [0.2, 0.25) is 0 Å². The Hall–Kier alpha value is -2.65. The van der Waals surface area contributed by atoms with Gasteiger partial charge in [0.05, 0.1) is 17.0 Å². The van der Waals surface area contributed by atoms with Crippen LogP contribution < -0.4 is 16.2 Å². The molecule has 10 nitrogen and oxygen atoms in total. The van der Waals surface area contributed by atoms with E-state index < -0.39 is 39.5 Å². The average Bonchev–Trinajstić information content (AvgIpc) is 3.14. The van der Waals surface area contributed by atoms with E-state index in [-0.39, 0.29) is 34.7 Å².